The summed E-state index contributed by atoms with van der Waals surface area (Å²) in [6.45, 7) is 0. The Morgan fingerprint density at radius 1 is 0.375 bits per heavy atom. The van der Waals surface area contributed by atoms with Gasteiger partial charge in [0.25, 0.3) is 0 Å². The molecular weight excluding hydrogens is 683 g/mol. The van der Waals surface area contributed by atoms with Gasteiger partial charge < -0.3 is 4.90 Å². The van der Waals surface area contributed by atoms with Gasteiger partial charge >= 0.3 is 0 Å². The van der Waals surface area contributed by atoms with Crippen LogP contribution in [0, 0.1) is 0 Å². The molecule has 0 aliphatic carbocycles. The summed E-state index contributed by atoms with van der Waals surface area (Å²) in [7, 11) is 0. The van der Waals surface area contributed by atoms with Gasteiger partial charge in [0, 0.05) is 44.5 Å². The van der Waals surface area contributed by atoms with Crippen molar-refractivity contribution in [2.24, 2.45) is 0 Å². The van der Waals surface area contributed by atoms with Crippen molar-refractivity contribution in [1.29, 1.82) is 0 Å². The van der Waals surface area contributed by atoms with Crippen molar-refractivity contribution in [3.05, 3.63) is 212 Å². The molecular formula is C51H35N5. The largest absolute Gasteiger partial charge is 0.309 e. The van der Waals surface area contributed by atoms with Crippen LogP contribution in [-0.2, 0) is 0 Å². The molecule has 10 aromatic rings. The lowest BCUT2D eigenvalue weighted by atomic mass is 10.0. The second-order valence-electron chi connectivity index (χ2n) is 13.7. The topological polar surface area (TPSA) is 46.8 Å². The Kier molecular flexibility index (Phi) is 8.43. The van der Waals surface area contributed by atoms with Crippen LogP contribution >= 0.6 is 0 Å². The van der Waals surface area contributed by atoms with Crippen molar-refractivity contribution in [2.75, 3.05) is 4.90 Å². The zero-order valence-electron chi connectivity index (χ0n) is 30.4. The minimum atomic E-state index is 0.710. The Labute approximate surface area is 325 Å². The van der Waals surface area contributed by atoms with Gasteiger partial charge in [-0.3, -0.25) is 4.57 Å². The second-order valence-corrected chi connectivity index (χ2v) is 13.7. The van der Waals surface area contributed by atoms with E-state index in [1.165, 1.54) is 0 Å². The van der Waals surface area contributed by atoms with E-state index in [1.807, 2.05) is 54.7 Å². The first-order valence-electron chi connectivity index (χ1n) is 18.8. The smallest absolute Gasteiger partial charge is 0.160 e. The average Bonchev–Trinajstić information content (AvgIpc) is 3.61. The maximum atomic E-state index is 5.15. The zero-order valence-corrected chi connectivity index (χ0v) is 30.4. The zero-order chi connectivity index (χ0) is 37.3. The highest BCUT2D eigenvalue weighted by atomic mass is 15.2. The van der Waals surface area contributed by atoms with Crippen LogP contribution in [0.4, 0.5) is 17.1 Å². The predicted molar refractivity (Wildman–Crippen MR) is 231 cm³/mol. The molecule has 0 spiro atoms. The first-order chi connectivity index (χ1) is 27.8. The lowest BCUT2D eigenvalue weighted by Gasteiger charge is -2.25. The third-order valence-corrected chi connectivity index (χ3v) is 10.3. The maximum absolute atomic E-state index is 5.15. The molecule has 0 radical (unpaired) electrons. The van der Waals surface area contributed by atoms with E-state index < -0.39 is 0 Å². The van der Waals surface area contributed by atoms with Crippen LogP contribution in [-0.4, -0.2) is 19.5 Å². The van der Waals surface area contributed by atoms with E-state index in [4.69, 9.17) is 15.0 Å². The maximum Gasteiger partial charge on any atom is 0.160 e. The number of pyridine rings is 1. The molecule has 10 rings (SSSR count). The van der Waals surface area contributed by atoms with E-state index >= 15 is 0 Å². The highest BCUT2D eigenvalue weighted by molar-refractivity contribution is 6.09. The highest BCUT2D eigenvalue weighted by Gasteiger charge is 2.18. The van der Waals surface area contributed by atoms with E-state index in [1.54, 1.807) is 0 Å². The molecule has 56 heavy (non-hydrogen) atoms. The number of rotatable bonds is 8. The lowest BCUT2D eigenvalue weighted by Crippen LogP contribution is -2.10. The standard InChI is InChI=1S/C51H35N5/c1-5-15-38(16-6-1)47-34-48(54-50(53-47)40-17-7-2-8-18-40)39-27-25-36(26-28-39)37-29-31-43(32-30-37)56-49-24-14-13-23-45(49)46-33-44(35-52-51(46)56)55(41-19-9-3-10-20-41)42-21-11-4-12-22-42/h1-35H. The molecule has 0 atom stereocenters. The molecule has 0 unspecified atom stereocenters. The third-order valence-electron chi connectivity index (χ3n) is 10.3. The summed E-state index contributed by atoms with van der Waals surface area (Å²) >= 11 is 0. The summed E-state index contributed by atoms with van der Waals surface area (Å²) < 4.78 is 2.26. The van der Waals surface area contributed by atoms with Gasteiger partial charge in [-0.1, -0.05) is 152 Å². The average molecular weight is 718 g/mol. The van der Waals surface area contributed by atoms with Gasteiger partial charge in [0.1, 0.15) is 5.65 Å². The summed E-state index contributed by atoms with van der Waals surface area (Å²) in [6.07, 6.45) is 1.98. The van der Waals surface area contributed by atoms with E-state index in [2.05, 4.69) is 167 Å². The molecule has 264 valence electrons. The van der Waals surface area contributed by atoms with Crippen LogP contribution in [0.1, 0.15) is 0 Å². The summed E-state index contributed by atoms with van der Waals surface area (Å²) in [5.74, 6) is 0.710. The summed E-state index contributed by atoms with van der Waals surface area (Å²) in [6, 6.07) is 71.7. The van der Waals surface area contributed by atoms with Crippen LogP contribution in [0.3, 0.4) is 0 Å². The number of hydrogen-bond donors (Lipinski definition) is 0. The van der Waals surface area contributed by atoms with Gasteiger partial charge in [0.15, 0.2) is 5.82 Å². The fraction of sp³-hybridized carbons (Fsp3) is 0. The van der Waals surface area contributed by atoms with Gasteiger partial charge in [-0.15, -0.1) is 0 Å². The highest BCUT2D eigenvalue weighted by Crippen LogP contribution is 2.39. The van der Waals surface area contributed by atoms with Crippen molar-refractivity contribution in [3.63, 3.8) is 0 Å². The molecule has 3 heterocycles. The molecule has 0 fully saturated rings. The molecule has 7 aromatic carbocycles. The fourth-order valence-corrected chi connectivity index (χ4v) is 7.52. The molecule has 0 bridgehead atoms. The number of aromatic nitrogens is 4. The van der Waals surface area contributed by atoms with E-state index in [0.717, 1.165) is 83.9 Å². The number of anilines is 3. The second kappa shape index (κ2) is 14.3. The summed E-state index contributed by atoms with van der Waals surface area (Å²) in [4.78, 5) is 17.4. The molecule has 0 saturated carbocycles. The minimum Gasteiger partial charge on any atom is -0.309 e. The van der Waals surface area contributed by atoms with Crippen LogP contribution < -0.4 is 4.90 Å². The molecule has 5 nitrogen and oxygen atoms in total. The lowest BCUT2D eigenvalue weighted by molar-refractivity contribution is 1.13. The van der Waals surface area contributed by atoms with Gasteiger partial charge in [-0.2, -0.15) is 0 Å². The van der Waals surface area contributed by atoms with Gasteiger partial charge in [0.05, 0.1) is 28.8 Å². The number of nitrogens with zero attached hydrogens (tertiary/aromatic N) is 5. The summed E-state index contributed by atoms with van der Waals surface area (Å²) in [5.41, 5.74) is 13.4. The Hall–Kier alpha value is -7.63. The van der Waals surface area contributed by atoms with Gasteiger partial charge in [0.2, 0.25) is 0 Å². The van der Waals surface area contributed by atoms with Crippen LogP contribution in [0.5, 0.6) is 0 Å². The monoisotopic (exact) mass is 717 g/mol. The Morgan fingerprint density at radius 3 is 1.46 bits per heavy atom. The van der Waals surface area contributed by atoms with Crippen molar-refractivity contribution in [1.82, 2.24) is 19.5 Å². The Bertz CT molecular complexity index is 2830. The molecule has 0 aliphatic heterocycles. The normalized spacial score (nSPS) is 11.2. The molecule has 0 N–H and O–H groups in total. The number of para-hydroxylation sites is 3. The molecule has 0 aliphatic rings. The number of benzene rings is 7. The quantitative estimate of drug-likeness (QED) is 0.157. The summed E-state index contributed by atoms with van der Waals surface area (Å²) in [5, 5.41) is 2.26. The predicted octanol–water partition coefficient (Wildman–Crippen LogP) is 13.1. The van der Waals surface area contributed by atoms with Crippen LogP contribution in [0.15, 0.2) is 212 Å². The SMILES string of the molecule is c1ccc(-c2cc(-c3ccc(-c4ccc(-n5c6ccccc6c6cc(N(c7ccccc7)c7ccccc7)cnc65)cc4)cc3)nc(-c3ccccc3)n2)cc1. The Morgan fingerprint density at radius 2 is 0.857 bits per heavy atom. The van der Waals surface area contributed by atoms with Crippen LogP contribution in [0.2, 0.25) is 0 Å². The number of fused-ring (bicyclic) bond motifs is 3. The van der Waals surface area contributed by atoms with Crippen LogP contribution in [0.25, 0.3) is 72.7 Å². The Balaban J connectivity index is 0.993. The van der Waals surface area contributed by atoms with Crippen molar-refractivity contribution in [2.45, 2.75) is 0 Å². The molecule has 5 heteroatoms. The first-order valence-corrected chi connectivity index (χ1v) is 18.8. The van der Waals surface area contributed by atoms with Crippen molar-refractivity contribution >= 4 is 39.0 Å². The van der Waals surface area contributed by atoms with Crippen molar-refractivity contribution in [3.8, 4) is 50.7 Å². The van der Waals surface area contributed by atoms with E-state index in [9.17, 15) is 0 Å². The molecule has 0 amide bonds. The third kappa shape index (κ3) is 6.17. The fourth-order valence-electron chi connectivity index (χ4n) is 7.52. The first kappa shape index (κ1) is 33.0. The van der Waals surface area contributed by atoms with Crippen molar-refractivity contribution < 1.29 is 0 Å². The molecule has 0 saturated heterocycles. The van der Waals surface area contributed by atoms with Gasteiger partial charge in [-0.25, -0.2) is 15.0 Å². The number of hydrogen-bond acceptors (Lipinski definition) is 4. The van der Waals surface area contributed by atoms with E-state index in [-0.39, 0.29) is 0 Å². The van der Waals surface area contributed by atoms with Gasteiger partial charge in [-0.05, 0) is 65.7 Å². The minimum absolute atomic E-state index is 0.710. The van der Waals surface area contributed by atoms with E-state index in [0.29, 0.717) is 5.82 Å². The molecule has 3 aromatic heterocycles.